The highest BCUT2D eigenvalue weighted by Gasteiger charge is 2.81. The summed E-state index contributed by atoms with van der Waals surface area (Å²) in [7, 11) is 1.68. The molecular formula is C14H21F3N4O2. The lowest BCUT2D eigenvalue weighted by Crippen LogP contribution is -2.45. The number of piperidine rings is 1. The van der Waals surface area contributed by atoms with Gasteiger partial charge in [0, 0.05) is 58.2 Å². The van der Waals surface area contributed by atoms with Gasteiger partial charge in [0.1, 0.15) is 0 Å². The van der Waals surface area contributed by atoms with E-state index in [2.05, 4.69) is 10.6 Å². The Labute approximate surface area is 132 Å². The molecule has 0 spiro atoms. The number of hydrogen-bond donors (Lipinski definition) is 2. The maximum atomic E-state index is 13.2. The van der Waals surface area contributed by atoms with Crippen molar-refractivity contribution in [2.24, 2.45) is 10.8 Å². The molecule has 3 amide bonds. The van der Waals surface area contributed by atoms with Gasteiger partial charge in [0.15, 0.2) is 0 Å². The van der Waals surface area contributed by atoms with Gasteiger partial charge in [-0.25, -0.2) is 4.79 Å². The number of carbonyl (C=O) groups is 2. The first-order chi connectivity index (χ1) is 10.7. The van der Waals surface area contributed by atoms with Crippen molar-refractivity contribution in [2.45, 2.75) is 19.0 Å². The molecule has 0 aromatic heterocycles. The van der Waals surface area contributed by atoms with Crippen molar-refractivity contribution in [1.82, 2.24) is 20.4 Å². The van der Waals surface area contributed by atoms with Crippen molar-refractivity contribution in [3.63, 3.8) is 0 Å². The third kappa shape index (κ3) is 2.54. The van der Waals surface area contributed by atoms with Crippen molar-refractivity contribution in [1.29, 1.82) is 0 Å². The van der Waals surface area contributed by atoms with Crippen LogP contribution in [0.4, 0.5) is 18.0 Å². The number of urea groups is 1. The molecule has 2 N–H and O–H groups in total. The maximum Gasteiger partial charge on any atom is 0.396 e. The smallest absolute Gasteiger partial charge is 0.344 e. The number of amides is 3. The molecule has 0 aromatic rings. The Kier molecular flexibility index (Phi) is 3.74. The summed E-state index contributed by atoms with van der Waals surface area (Å²) >= 11 is 0. The fraction of sp³-hybridized carbons (Fsp3) is 0.857. The molecule has 3 aliphatic rings. The summed E-state index contributed by atoms with van der Waals surface area (Å²) in [6, 6.07) is -0.391. The van der Waals surface area contributed by atoms with E-state index >= 15 is 0 Å². The molecule has 0 aromatic carbocycles. The molecule has 0 unspecified atom stereocenters. The van der Waals surface area contributed by atoms with Gasteiger partial charge in [-0.05, 0) is 6.42 Å². The average Bonchev–Trinajstić information content (AvgIpc) is 3.06. The maximum absolute atomic E-state index is 13.2. The summed E-state index contributed by atoms with van der Waals surface area (Å²) in [5.41, 5.74) is -2.61. The highest BCUT2D eigenvalue weighted by atomic mass is 19.4. The minimum absolute atomic E-state index is 0.0125. The van der Waals surface area contributed by atoms with E-state index in [9.17, 15) is 22.8 Å². The van der Waals surface area contributed by atoms with Gasteiger partial charge in [-0.15, -0.1) is 0 Å². The molecule has 3 fully saturated rings. The molecule has 6 nitrogen and oxygen atoms in total. The normalized spacial score (nSPS) is 34.2. The van der Waals surface area contributed by atoms with Crippen LogP contribution in [0.25, 0.3) is 0 Å². The molecule has 2 aliphatic heterocycles. The van der Waals surface area contributed by atoms with E-state index < -0.39 is 23.0 Å². The fourth-order valence-corrected chi connectivity index (χ4v) is 3.81. The molecule has 23 heavy (non-hydrogen) atoms. The second kappa shape index (κ2) is 5.25. The molecular weight excluding hydrogens is 313 g/mol. The lowest BCUT2D eigenvalue weighted by molar-refractivity contribution is -0.190. The first kappa shape index (κ1) is 16.4. The Balaban J connectivity index is 1.57. The molecule has 2 atom stereocenters. The predicted octanol–water partition coefficient (Wildman–Crippen LogP) is 0.402. The van der Waals surface area contributed by atoms with E-state index in [0.717, 1.165) is 0 Å². The molecule has 3 rings (SSSR count). The highest BCUT2D eigenvalue weighted by Crippen LogP contribution is 2.72. The largest absolute Gasteiger partial charge is 0.396 e. The van der Waals surface area contributed by atoms with E-state index in [1.165, 1.54) is 4.90 Å². The lowest BCUT2D eigenvalue weighted by Gasteiger charge is -2.24. The third-order valence-corrected chi connectivity index (χ3v) is 5.56. The Morgan fingerprint density at radius 2 is 2.04 bits per heavy atom. The van der Waals surface area contributed by atoms with Crippen LogP contribution in [0.15, 0.2) is 0 Å². The van der Waals surface area contributed by atoms with Crippen LogP contribution in [0.3, 0.4) is 0 Å². The number of rotatable bonds is 2. The average molecular weight is 334 g/mol. The van der Waals surface area contributed by atoms with E-state index in [-0.39, 0.29) is 38.4 Å². The van der Waals surface area contributed by atoms with Gasteiger partial charge in [0.2, 0.25) is 5.91 Å². The summed E-state index contributed by atoms with van der Waals surface area (Å²) < 4.78 is 39.7. The molecule has 0 bridgehead atoms. The number of carbonyl (C=O) groups excluding carboxylic acids is 2. The second-order valence-electron chi connectivity index (χ2n) is 6.85. The molecule has 0 radical (unpaired) electrons. The van der Waals surface area contributed by atoms with Gasteiger partial charge < -0.3 is 20.4 Å². The molecule has 1 saturated carbocycles. The quantitative estimate of drug-likeness (QED) is 0.768. The van der Waals surface area contributed by atoms with Gasteiger partial charge in [0.25, 0.3) is 0 Å². The Morgan fingerprint density at radius 3 is 2.70 bits per heavy atom. The summed E-state index contributed by atoms with van der Waals surface area (Å²) in [5, 5.41) is 5.45. The Hall–Kier alpha value is -1.51. The Morgan fingerprint density at radius 1 is 1.30 bits per heavy atom. The SMILES string of the molecule is CN1CCN(C(=O)NC[C@@]23CNC[C@]2(C(F)(F)F)C3)CCC1=O. The van der Waals surface area contributed by atoms with Crippen molar-refractivity contribution >= 4 is 11.9 Å². The van der Waals surface area contributed by atoms with Crippen LogP contribution < -0.4 is 10.6 Å². The zero-order valence-electron chi connectivity index (χ0n) is 13.0. The lowest BCUT2D eigenvalue weighted by atomic mass is 9.95. The van der Waals surface area contributed by atoms with Gasteiger partial charge in [-0.3, -0.25) is 4.79 Å². The van der Waals surface area contributed by atoms with Crippen molar-refractivity contribution in [2.75, 3.05) is 46.3 Å². The number of alkyl halides is 3. The zero-order valence-corrected chi connectivity index (χ0v) is 13.0. The standard InChI is InChI=1S/C14H21F3N4O2/c1-20-4-5-21(3-2-10(20)22)11(23)19-8-12-6-13(12,9-18-7-12)14(15,16)17/h18H,2-9H2,1H3,(H,19,23)/t12-,13-/m1/s1. The van der Waals surface area contributed by atoms with E-state index in [1.807, 2.05) is 0 Å². The number of nitrogens with one attached hydrogen (secondary N) is 2. The van der Waals surface area contributed by atoms with E-state index in [1.54, 1.807) is 11.9 Å². The summed E-state index contributed by atoms with van der Waals surface area (Å²) in [6.45, 7) is 1.34. The van der Waals surface area contributed by atoms with Crippen LogP contribution >= 0.6 is 0 Å². The van der Waals surface area contributed by atoms with Crippen molar-refractivity contribution < 1.29 is 22.8 Å². The number of nitrogens with zero attached hydrogens (tertiary/aromatic N) is 2. The number of halogens is 3. The molecule has 9 heteroatoms. The van der Waals surface area contributed by atoms with Crippen LogP contribution in [0.5, 0.6) is 0 Å². The minimum Gasteiger partial charge on any atom is -0.344 e. The highest BCUT2D eigenvalue weighted by molar-refractivity contribution is 5.79. The number of fused-ring (bicyclic) bond motifs is 1. The third-order valence-electron chi connectivity index (χ3n) is 5.56. The first-order valence-electron chi connectivity index (χ1n) is 7.75. The van der Waals surface area contributed by atoms with Crippen LogP contribution in [-0.2, 0) is 4.79 Å². The fourth-order valence-electron chi connectivity index (χ4n) is 3.81. The van der Waals surface area contributed by atoms with Gasteiger partial charge in [-0.1, -0.05) is 0 Å². The molecule has 130 valence electrons. The minimum atomic E-state index is -4.25. The van der Waals surface area contributed by atoms with Crippen LogP contribution in [0.1, 0.15) is 12.8 Å². The first-order valence-corrected chi connectivity index (χ1v) is 7.75. The van der Waals surface area contributed by atoms with Gasteiger partial charge in [-0.2, -0.15) is 13.2 Å². The number of likely N-dealkylation sites (N-methyl/N-ethyl adjacent to an activating group) is 1. The number of hydrogen-bond acceptors (Lipinski definition) is 3. The summed E-state index contributed by atoms with van der Waals surface area (Å²) in [6.07, 6.45) is -3.94. The van der Waals surface area contributed by atoms with Gasteiger partial charge in [0.05, 0.1) is 5.41 Å². The van der Waals surface area contributed by atoms with Gasteiger partial charge >= 0.3 is 12.2 Å². The Bertz CT molecular complexity index is 527. The molecule has 2 heterocycles. The monoisotopic (exact) mass is 334 g/mol. The van der Waals surface area contributed by atoms with Crippen molar-refractivity contribution in [3.8, 4) is 0 Å². The topological polar surface area (TPSA) is 64.7 Å². The molecule has 2 saturated heterocycles. The molecule has 1 aliphatic carbocycles. The van der Waals surface area contributed by atoms with Crippen LogP contribution in [0.2, 0.25) is 0 Å². The second-order valence-corrected chi connectivity index (χ2v) is 6.85. The predicted molar refractivity (Wildman–Crippen MR) is 75.6 cm³/mol. The van der Waals surface area contributed by atoms with Crippen LogP contribution in [0, 0.1) is 10.8 Å². The van der Waals surface area contributed by atoms with E-state index in [0.29, 0.717) is 19.6 Å². The van der Waals surface area contributed by atoms with Crippen molar-refractivity contribution in [3.05, 3.63) is 0 Å². The van der Waals surface area contributed by atoms with Crippen LogP contribution in [-0.4, -0.2) is 74.2 Å². The summed E-state index contributed by atoms with van der Waals surface area (Å²) in [4.78, 5) is 26.9. The van der Waals surface area contributed by atoms with E-state index in [4.69, 9.17) is 0 Å². The summed E-state index contributed by atoms with van der Waals surface area (Å²) in [5.74, 6) is -0.0304. The zero-order chi connectivity index (χ0) is 16.9.